The number of rotatable bonds is 1. The Hall–Kier alpha value is -0.600. The van der Waals surface area contributed by atoms with Crippen molar-refractivity contribution in [3.8, 4) is 0 Å². The molecule has 1 aliphatic carbocycles. The van der Waals surface area contributed by atoms with E-state index < -0.39 is 6.10 Å². The Labute approximate surface area is 54.5 Å². The third-order valence-corrected chi connectivity index (χ3v) is 1.33. The van der Waals surface area contributed by atoms with Crippen LogP contribution in [0.2, 0.25) is 0 Å². The monoisotopic (exact) mass is 126 g/mol. The fraction of sp³-hybridized carbons (Fsp3) is 0.429. The van der Waals surface area contributed by atoms with Crippen molar-refractivity contribution < 1.29 is 9.84 Å². The van der Waals surface area contributed by atoms with Crippen molar-refractivity contribution in [2.75, 3.05) is 7.11 Å². The summed E-state index contributed by atoms with van der Waals surface area (Å²) in [6.45, 7) is 0. The summed E-state index contributed by atoms with van der Waals surface area (Å²) in [6, 6.07) is 0. The normalized spacial score (nSPS) is 33.1. The van der Waals surface area contributed by atoms with Gasteiger partial charge in [-0.2, -0.15) is 0 Å². The van der Waals surface area contributed by atoms with Gasteiger partial charge in [0.25, 0.3) is 0 Å². The maximum Gasteiger partial charge on any atom is 0.105 e. The van der Waals surface area contributed by atoms with E-state index in [1.165, 1.54) is 0 Å². The molecule has 0 saturated heterocycles. The van der Waals surface area contributed by atoms with Gasteiger partial charge < -0.3 is 9.84 Å². The van der Waals surface area contributed by atoms with E-state index in [-0.39, 0.29) is 6.10 Å². The van der Waals surface area contributed by atoms with Gasteiger partial charge in [-0.3, -0.25) is 0 Å². The summed E-state index contributed by atoms with van der Waals surface area (Å²) in [5.74, 6) is 0. The summed E-state index contributed by atoms with van der Waals surface area (Å²) >= 11 is 0. The summed E-state index contributed by atoms with van der Waals surface area (Å²) in [4.78, 5) is 0. The zero-order valence-electron chi connectivity index (χ0n) is 5.32. The topological polar surface area (TPSA) is 29.5 Å². The van der Waals surface area contributed by atoms with E-state index in [2.05, 4.69) is 0 Å². The van der Waals surface area contributed by atoms with Crippen molar-refractivity contribution in [3.63, 3.8) is 0 Å². The molecule has 50 valence electrons. The maximum atomic E-state index is 9.11. The van der Waals surface area contributed by atoms with Crippen LogP contribution in [0, 0.1) is 0 Å². The van der Waals surface area contributed by atoms with E-state index in [0.29, 0.717) is 0 Å². The van der Waals surface area contributed by atoms with E-state index in [1.807, 2.05) is 12.2 Å². The Morgan fingerprint density at radius 2 is 2.00 bits per heavy atom. The lowest BCUT2D eigenvalue weighted by Crippen LogP contribution is -2.25. The van der Waals surface area contributed by atoms with Gasteiger partial charge in [0.05, 0.1) is 0 Å². The van der Waals surface area contributed by atoms with Gasteiger partial charge in [-0.15, -0.1) is 0 Å². The van der Waals surface area contributed by atoms with E-state index in [1.54, 1.807) is 19.3 Å². The molecular formula is C7H10O2. The second-order valence-corrected chi connectivity index (χ2v) is 1.96. The lowest BCUT2D eigenvalue weighted by molar-refractivity contribution is 0.0416. The molecule has 0 aliphatic heterocycles. The molecule has 0 bridgehead atoms. The smallest absolute Gasteiger partial charge is 0.105 e. The molecule has 1 N–H and O–H groups in total. The summed E-state index contributed by atoms with van der Waals surface area (Å²) < 4.78 is 4.92. The molecule has 0 heterocycles. The molecule has 0 saturated carbocycles. The first-order valence-electron chi connectivity index (χ1n) is 2.90. The van der Waals surface area contributed by atoms with Crippen LogP contribution < -0.4 is 0 Å². The van der Waals surface area contributed by atoms with Gasteiger partial charge >= 0.3 is 0 Å². The molecule has 2 unspecified atom stereocenters. The van der Waals surface area contributed by atoms with Crippen LogP contribution >= 0.6 is 0 Å². The molecule has 1 aliphatic rings. The molecule has 1 rings (SSSR count). The third-order valence-electron chi connectivity index (χ3n) is 1.33. The highest BCUT2D eigenvalue weighted by atomic mass is 16.5. The SMILES string of the molecule is COC1C=CC=CC1O. The molecule has 0 aromatic rings. The van der Waals surface area contributed by atoms with Gasteiger partial charge in [0.2, 0.25) is 0 Å². The van der Waals surface area contributed by atoms with Crippen molar-refractivity contribution in [3.05, 3.63) is 24.3 Å². The largest absolute Gasteiger partial charge is 0.386 e. The zero-order valence-corrected chi connectivity index (χ0v) is 5.32. The number of ether oxygens (including phenoxy) is 1. The average Bonchev–Trinajstić information content (AvgIpc) is 1.89. The van der Waals surface area contributed by atoms with Crippen LogP contribution in [0.3, 0.4) is 0 Å². The highest BCUT2D eigenvalue weighted by molar-refractivity contribution is 5.16. The van der Waals surface area contributed by atoms with Gasteiger partial charge in [0.1, 0.15) is 12.2 Å². The van der Waals surface area contributed by atoms with Crippen LogP contribution in [-0.2, 0) is 4.74 Å². The first-order chi connectivity index (χ1) is 4.34. The minimum atomic E-state index is -0.472. The van der Waals surface area contributed by atoms with Gasteiger partial charge in [-0.05, 0) is 0 Å². The summed E-state index contributed by atoms with van der Waals surface area (Å²) in [5, 5.41) is 9.11. The number of aliphatic hydroxyl groups is 1. The van der Waals surface area contributed by atoms with E-state index >= 15 is 0 Å². The van der Waals surface area contributed by atoms with Crippen LogP contribution in [0.4, 0.5) is 0 Å². The maximum absolute atomic E-state index is 9.11. The van der Waals surface area contributed by atoms with E-state index in [9.17, 15) is 0 Å². The molecule has 0 aromatic heterocycles. The molecule has 0 spiro atoms. The van der Waals surface area contributed by atoms with Crippen molar-refractivity contribution in [2.24, 2.45) is 0 Å². The third kappa shape index (κ3) is 1.40. The van der Waals surface area contributed by atoms with Crippen molar-refractivity contribution in [1.29, 1.82) is 0 Å². The van der Waals surface area contributed by atoms with Gasteiger partial charge in [-0.1, -0.05) is 24.3 Å². The Kier molecular flexibility index (Phi) is 2.03. The number of hydrogen-bond acceptors (Lipinski definition) is 2. The second-order valence-electron chi connectivity index (χ2n) is 1.96. The number of aliphatic hydroxyl groups excluding tert-OH is 1. The van der Waals surface area contributed by atoms with Crippen LogP contribution in [-0.4, -0.2) is 24.4 Å². The molecule has 0 aromatic carbocycles. The Bertz CT molecular complexity index is 138. The molecule has 2 nitrogen and oxygen atoms in total. The fourth-order valence-electron chi connectivity index (χ4n) is 0.793. The predicted molar refractivity (Wildman–Crippen MR) is 35.1 cm³/mol. The Balaban J connectivity index is 2.55. The molecule has 2 atom stereocenters. The Morgan fingerprint density at radius 1 is 1.33 bits per heavy atom. The van der Waals surface area contributed by atoms with Crippen LogP contribution in [0.25, 0.3) is 0 Å². The molecule has 0 radical (unpaired) electrons. The van der Waals surface area contributed by atoms with Crippen LogP contribution in [0.5, 0.6) is 0 Å². The number of hydrogen-bond donors (Lipinski definition) is 1. The van der Waals surface area contributed by atoms with Crippen LogP contribution in [0.15, 0.2) is 24.3 Å². The van der Waals surface area contributed by atoms with Gasteiger partial charge in [-0.25, -0.2) is 0 Å². The predicted octanol–water partition coefficient (Wildman–Crippen LogP) is 0.488. The fourth-order valence-corrected chi connectivity index (χ4v) is 0.793. The lowest BCUT2D eigenvalue weighted by atomic mass is 10.1. The molecule has 0 fully saturated rings. The second kappa shape index (κ2) is 2.80. The average molecular weight is 126 g/mol. The molecular weight excluding hydrogens is 116 g/mol. The van der Waals surface area contributed by atoms with Crippen molar-refractivity contribution in [1.82, 2.24) is 0 Å². The van der Waals surface area contributed by atoms with Crippen LogP contribution in [0.1, 0.15) is 0 Å². The molecule has 0 amide bonds. The summed E-state index contributed by atoms with van der Waals surface area (Å²) in [6.07, 6.45) is 6.56. The standard InChI is InChI=1S/C7H10O2/c1-9-7-5-3-2-4-6(7)8/h2-8H,1H3. The molecule has 2 heteroatoms. The Morgan fingerprint density at radius 3 is 2.44 bits per heavy atom. The summed E-state index contributed by atoms with van der Waals surface area (Å²) in [7, 11) is 1.58. The van der Waals surface area contributed by atoms with Gasteiger partial charge in [0.15, 0.2) is 0 Å². The quantitative estimate of drug-likeness (QED) is 0.554. The minimum absolute atomic E-state index is 0.157. The lowest BCUT2D eigenvalue weighted by Gasteiger charge is -2.16. The molecule has 9 heavy (non-hydrogen) atoms. The van der Waals surface area contributed by atoms with Gasteiger partial charge in [0, 0.05) is 7.11 Å². The first kappa shape index (κ1) is 6.52. The summed E-state index contributed by atoms with van der Waals surface area (Å²) in [5.41, 5.74) is 0. The van der Waals surface area contributed by atoms with Crippen molar-refractivity contribution >= 4 is 0 Å². The number of methoxy groups -OCH3 is 1. The van der Waals surface area contributed by atoms with E-state index in [0.717, 1.165) is 0 Å². The first-order valence-corrected chi connectivity index (χ1v) is 2.90. The highest BCUT2D eigenvalue weighted by Crippen LogP contribution is 2.06. The highest BCUT2D eigenvalue weighted by Gasteiger charge is 2.13. The number of allylic oxidation sites excluding steroid dienone is 2. The zero-order chi connectivity index (χ0) is 6.69. The van der Waals surface area contributed by atoms with E-state index in [4.69, 9.17) is 9.84 Å². The minimum Gasteiger partial charge on any atom is -0.386 e. The van der Waals surface area contributed by atoms with Crippen molar-refractivity contribution in [2.45, 2.75) is 12.2 Å².